The molecule has 0 aromatic heterocycles. The summed E-state index contributed by atoms with van der Waals surface area (Å²) in [6.07, 6.45) is -2.82. The van der Waals surface area contributed by atoms with Crippen LogP contribution in [0.15, 0.2) is 5.11 Å². The van der Waals surface area contributed by atoms with Crippen molar-refractivity contribution in [1.29, 1.82) is 0 Å². The van der Waals surface area contributed by atoms with Crippen molar-refractivity contribution in [2.24, 2.45) is 5.11 Å². The molecule has 0 spiro atoms. The van der Waals surface area contributed by atoms with E-state index >= 15 is 0 Å². The Morgan fingerprint density at radius 3 is 2.58 bits per heavy atom. The summed E-state index contributed by atoms with van der Waals surface area (Å²) in [5.41, 5.74) is 8.00. The van der Waals surface area contributed by atoms with Crippen LogP contribution >= 0.6 is 0 Å². The van der Waals surface area contributed by atoms with Gasteiger partial charge in [-0.25, -0.2) is 0 Å². The Balaban J connectivity index is 2.52. The summed E-state index contributed by atoms with van der Waals surface area (Å²) in [6, 6.07) is 0. The van der Waals surface area contributed by atoms with Crippen LogP contribution in [0.4, 0.5) is 0 Å². The number of hydrogen-bond donors (Lipinski definition) is 2. The summed E-state index contributed by atoms with van der Waals surface area (Å²) in [6.45, 7) is 1.71. The molecule has 1 heterocycles. The fourth-order valence-corrected chi connectivity index (χ4v) is 1.20. The van der Waals surface area contributed by atoms with Gasteiger partial charge < -0.3 is 14.9 Å². The smallest absolute Gasteiger partial charge is 0.109 e. The second-order valence-corrected chi connectivity index (χ2v) is 2.77. The van der Waals surface area contributed by atoms with E-state index in [1.165, 1.54) is 0 Å². The van der Waals surface area contributed by atoms with Crippen molar-refractivity contribution >= 4 is 0 Å². The fourth-order valence-electron chi connectivity index (χ4n) is 1.20. The number of ether oxygens (including phenoxy) is 1. The van der Waals surface area contributed by atoms with Crippen LogP contribution in [0.2, 0.25) is 0 Å². The van der Waals surface area contributed by atoms with Gasteiger partial charge in [0, 0.05) is 4.91 Å². The number of azide groups is 1. The SMILES string of the molecule is CC1O[C@H](CN=[N+]=[N-])[C@@H](O)[C@H]1O. The maximum Gasteiger partial charge on any atom is 0.109 e. The third-order valence-electron chi connectivity index (χ3n) is 1.93. The number of hydrogen-bond acceptors (Lipinski definition) is 4. The molecule has 12 heavy (non-hydrogen) atoms. The molecule has 1 aliphatic heterocycles. The standard InChI is InChI=1S/C6H11N3O3/c1-3-5(10)6(11)4(12-3)2-8-9-7/h3-6,10-11H,2H2,1H3/t3?,4-,5+,6-/m1/s1. The minimum absolute atomic E-state index is 0.0546. The van der Waals surface area contributed by atoms with Crippen molar-refractivity contribution in [2.75, 3.05) is 6.54 Å². The van der Waals surface area contributed by atoms with Gasteiger partial charge in [-0.05, 0) is 12.5 Å². The van der Waals surface area contributed by atoms with E-state index in [1.807, 2.05) is 0 Å². The first-order valence-electron chi connectivity index (χ1n) is 3.69. The van der Waals surface area contributed by atoms with E-state index in [9.17, 15) is 10.2 Å². The Morgan fingerprint density at radius 2 is 2.17 bits per heavy atom. The zero-order valence-corrected chi connectivity index (χ0v) is 6.66. The van der Waals surface area contributed by atoms with Gasteiger partial charge in [-0.1, -0.05) is 5.11 Å². The molecule has 0 amide bonds. The van der Waals surface area contributed by atoms with Crippen molar-refractivity contribution in [1.82, 2.24) is 0 Å². The Bertz CT molecular complexity index is 204. The first-order valence-corrected chi connectivity index (χ1v) is 3.69. The van der Waals surface area contributed by atoms with Gasteiger partial charge in [-0.2, -0.15) is 0 Å². The normalized spacial score (nSPS) is 40.9. The van der Waals surface area contributed by atoms with Crippen molar-refractivity contribution in [2.45, 2.75) is 31.3 Å². The minimum atomic E-state index is -0.953. The van der Waals surface area contributed by atoms with Gasteiger partial charge in [0.2, 0.25) is 0 Å². The summed E-state index contributed by atoms with van der Waals surface area (Å²) >= 11 is 0. The molecular weight excluding hydrogens is 162 g/mol. The summed E-state index contributed by atoms with van der Waals surface area (Å²) in [5, 5.41) is 21.8. The highest BCUT2D eigenvalue weighted by atomic mass is 16.5. The van der Waals surface area contributed by atoms with Crippen molar-refractivity contribution in [3.63, 3.8) is 0 Å². The van der Waals surface area contributed by atoms with Crippen LogP contribution in [0, 0.1) is 0 Å². The Labute approximate surface area is 69.4 Å². The second-order valence-electron chi connectivity index (χ2n) is 2.77. The van der Waals surface area contributed by atoms with Crippen LogP contribution in [0.25, 0.3) is 10.4 Å². The lowest BCUT2D eigenvalue weighted by Crippen LogP contribution is -2.32. The van der Waals surface area contributed by atoms with E-state index in [4.69, 9.17) is 10.3 Å². The molecule has 0 aromatic carbocycles. The summed E-state index contributed by atoms with van der Waals surface area (Å²) in [4.78, 5) is 2.54. The topological polar surface area (TPSA) is 98.5 Å². The summed E-state index contributed by atoms with van der Waals surface area (Å²) in [5.74, 6) is 0. The highest BCUT2D eigenvalue weighted by Gasteiger charge is 2.39. The van der Waals surface area contributed by atoms with Crippen LogP contribution in [-0.4, -0.2) is 41.2 Å². The number of aliphatic hydroxyl groups excluding tert-OH is 2. The van der Waals surface area contributed by atoms with Crippen molar-refractivity contribution in [3.05, 3.63) is 10.4 Å². The molecular formula is C6H11N3O3. The van der Waals surface area contributed by atoms with Gasteiger partial charge in [0.15, 0.2) is 0 Å². The number of aliphatic hydroxyl groups is 2. The monoisotopic (exact) mass is 173 g/mol. The molecule has 1 aliphatic rings. The molecule has 2 N–H and O–H groups in total. The average molecular weight is 173 g/mol. The zero-order chi connectivity index (χ0) is 9.14. The van der Waals surface area contributed by atoms with Crippen LogP contribution in [0.3, 0.4) is 0 Å². The molecule has 6 heteroatoms. The van der Waals surface area contributed by atoms with E-state index in [1.54, 1.807) is 6.92 Å². The van der Waals surface area contributed by atoms with Crippen LogP contribution in [0.5, 0.6) is 0 Å². The minimum Gasteiger partial charge on any atom is -0.388 e. The lowest BCUT2D eigenvalue weighted by molar-refractivity contribution is 0.0224. The van der Waals surface area contributed by atoms with E-state index < -0.39 is 24.4 Å². The van der Waals surface area contributed by atoms with Gasteiger partial charge >= 0.3 is 0 Å². The molecule has 0 radical (unpaired) electrons. The molecule has 1 saturated heterocycles. The quantitative estimate of drug-likeness (QED) is 0.344. The van der Waals surface area contributed by atoms with Gasteiger partial charge in [0.1, 0.15) is 12.2 Å². The van der Waals surface area contributed by atoms with Crippen LogP contribution in [-0.2, 0) is 4.74 Å². The molecule has 1 unspecified atom stereocenters. The molecule has 0 saturated carbocycles. The first-order chi connectivity index (χ1) is 5.66. The summed E-state index contributed by atoms with van der Waals surface area (Å²) < 4.78 is 5.12. The number of rotatable bonds is 2. The maximum atomic E-state index is 9.30. The van der Waals surface area contributed by atoms with Crippen LogP contribution < -0.4 is 0 Å². The van der Waals surface area contributed by atoms with E-state index in [0.717, 1.165) is 0 Å². The lowest BCUT2D eigenvalue weighted by Gasteiger charge is -2.10. The summed E-state index contributed by atoms with van der Waals surface area (Å²) in [7, 11) is 0. The largest absolute Gasteiger partial charge is 0.388 e. The highest BCUT2D eigenvalue weighted by molar-refractivity contribution is 4.89. The first kappa shape index (κ1) is 9.28. The molecule has 6 nitrogen and oxygen atoms in total. The average Bonchev–Trinajstić information content (AvgIpc) is 2.30. The molecule has 0 aromatic rings. The van der Waals surface area contributed by atoms with Gasteiger partial charge in [-0.15, -0.1) is 0 Å². The third-order valence-corrected chi connectivity index (χ3v) is 1.93. The Morgan fingerprint density at radius 1 is 1.50 bits per heavy atom. The lowest BCUT2D eigenvalue weighted by atomic mass is 10.1. The Hall–Kier alpha value is -0.810. The van der Waals surface area contributed by atoms with E-state index in [0.29, 0.717) is 0 Å². The maximum absolute atomic E-state index is 9.30. The zero-order valence-electron chi connectivity index (χ0n) is 6.66. The molecule has 0 bridgehead atoms. The predicted octanol–water partition coefficient (Wildman–Crippen LogP) is -0.194. The van der Waals surface area contributed by atoms with Crippen LogP contribution in [0.1, 0.15) is 6.92 Å². The predicted molar refractivity (Wildman–Crippen MR) is 40.4 cm³/mol. The third kappa shape index (κ3) is 1.67. The van der Waals surface area contributed by atoms with Crippen molar-refractivity contribution in [3.8, 4) is 0 Å². The van der Waals surface area contributed by atoms with E-state index in [-0.39, 0.29) is 6.54 Å². The molecule has 1 fully saturated rings. The fraction of sp³-hybridized carbons (Fsp3) is 1.00. The molecule has 0 aliphatic carbocycles. The van der Waals surface area contributed by atoms with Gasteiger partial charge in [0.25, 0.3) is 0 Å². The van der Waals surface area contributed by atoms with Gasteiger partial charge in [0.05, 0.1) is 18.8 Å². The second kappa shape index (κ2) is 3.73. The number of nitrogens with zero attached hydrogens (tertiary/aromatic N) is 3. The molecule has 1 rings (SSSR count). The van der Waals surface area contributed by atoms with Gasteiger partial charge in [-0.3, -0.25) is 0 Å². The Kier molecular flexibility index (Phi) is 2.88. The van der Waals surface area contributed by atoms with Crippen molar-refractivity contribution < 1.29 is 14.9 Å². The highest BCUT2D eigenvalue weighted by Crippen LogP contribution is 2.20. The molecule has 4 atom stereocenters. The van der Waals surface area contributed by atoms with E-state index in [2.05, 4.69) is 10.0 Å². The molecule has 68 valence electrons.